The summed E-state index contributed by atoms with van der Waals surface area (Å²) in [6, 6.07) is 4.23. The first-order valence-corrected chi connectivity index (χ1v) is 5.48. The Bertz CT molecular complexity index is 444. The molecule has 0 aliphatic carbocycles. The smallest absolute Gasteiger partial charge is 0.303 e. The number of carbonyl (C=O) groups is 2. The minimum absolute atomic E-state index is 0.0262. The highest BCUT2D eigenvalue weighted by molar-refractivity contribution is 5.80. The lowest BCUT2D eigenvalue weighted by Gasteiger charge is -2.06. The van der Waals surface area contributed by atoms with E-state index in [2.05, 4.69) is 5.32 Å². The predicted octanol–water partition coefficient (Wildman–Crippen LogP) is 0.621. The number of rotatable bonds is 6. The highest BCUT2D eigenvalue weighted by Crippen LogP contribution is 2.22. The number of phenols is 2. The number of amides is 1. The Labute approximate surface area is 104 Å². The van der Waals surface area contributed by atoms with Crippen molar-refractivity contribution in [1.82, 2.24) is 5.32 Å². The lowest BCUT2D eigenvalue weighted by molar-refractivity contribution is -0.138. The molecule has 0 saturated carbocycles. The van der Waals surface area contributed by atoms with Crippen molar-refractivity contribution in [3.8, 4) is 11.5 Å². The van der Waals surface area contributed by atoms with Gasteiger partial charge in [-0.3, -0.25) is 9.59 Å². The van der Waals surface area contributed by atoms with E-state index >= 15 is 0 Å². The summed E-state index contributed by atoms with van der Waals surface area (Å²) in [5.74, 6) is -1.41. The molecule has 4 N–H and O–H groups in total. The lowest BCUT2D eigenvalue weighted by atomic mass is 10.1. The molecule has 0 radical (unpaired) electrons. The molecule has 18 heavy (non-hydrogen) atoms. The first-order chi connectivity index (χ1) is 8.49. The summed E-state index contributed by atoms with van der Waals surface area (Å²) >= 11 is 0. The summed E-state index contributed by atoms with van der Waals surface area (Å²) in [6.45, 7) is 0.302. The van der Waals surface area contributed by atoms with Crippen LogP contribution in [0.2, 0.25) is 0 Å². The summed E-state index contributed by atoms with van der Waals surface area (Å²) in [5, 5.41) is 29.5. The van der Waals surface area contributed by atoms with Crippen molar-refractivity contribution >= 4 is 11.9 Å². The van der Waals surface area contributed by atoms with Crippen LogP contribution in [0.1, 0.15) is 18.4 Å². The Morgan fingerprint density at radius 1 is 1.17 bits per heavy atom. The van der Waals surface area contributed by atoms with Gasteiger partial charge in [-0.15, -0.1) is 0 Å². The van der Waals surface area contributed by atoms with E-state index in [1.165, 1.54) is 12.1 Å². The number of carbonyl (C=O) groups excluding carboxylic acids is 1. The Hall–Kier alpha value is -2.24. The average molecular weight is 253 g/mol. The van der Waals surface area contributed by atoms with E-state index in [-0.39, 0.29) is 30.2 Å². The standard InChI is InChI=1S/C12H15NO5/c14-9-2-1-8(10(15)7-9)5-6-13-11(16)3-4-12(17)18/h1-2,7,14-15H,3-6H2,(H,13,16)(H,17,18). The molecule has 0 heterocycles. The molecule has 0 spiro atoms. The number of benzene rings is 1. The van der Waals surface area contributed by atoms with Crippen LogP contribution in [-0.2, 0) is 16.0 Å². The number of hydrogen-bond acceptors (Lipinski definition) is 4. The second-order valence-electron chi connectivity index (χ2n) is 3.81. The number of hydrogen-bond donors (Lipinski definition) is 4. The maximum atomic E-state index is 11.2. The van der Waals surface area contributed by atoms with Gasteiger partial charge in [0.2, 0.25) is 5.91 Å². The summed E-state index contributed by atoms with van der Waals surface area (Å²) in [4.78, 5) is 21.4. The van der Waals surface area contributed by atoms with Crippen LogP contribution in [0.3, 0.4) is 0 Å². The molecule has 0 saturated heterocycles. The van der Waals surface area contributed by atoms with Crippen LogP contribution >= 0.6 is 0 Å². The molecule has 6 heteroatoms. The van der Waals surface area contributed by atoms with Gasteiger partial charge in [-0.25, -0.2) is 0 Å². The van der Waals surface area contributed by atoms with Gasteiger partial charge >= 0.3 is 5.97 Å². The molecule has 6 nitrogen and oxygen atoms in total. The van der Waals surface area contributed by atoms with Gasteiger partial charge in [0, 0.05) is 19.0 Å². The number of carboxylic acids is 1. The third-order valence-electron chi connectivity index (χ3n) is 2.35. The third kappa shape index (κ3) is 4.73. The van der Waals surface area contributed by atoms with Gasteiger partial charge in [0.15, 0.2) is 0 Å². The fourth-order valence-electron chi connectivity index (χ4n) is 1.41. The molecular weight excluding hydrogens is 238 g/mol. The average Bonchev–Trinajstić information content (AvgIpc) is 2.29. The van der Waals surface area contributed by atoms with Crippen molar-refractivity contribution in [1.29, 1.82) is 0 Å². The van der Waals surface area contributed by atoms with Crippen molar-refractivity contribution in [3.63, 3.8) is 0 Å². The Kier molecular flexibility index (Phi) is 4.98. The topological polar surface area (TPSA) is 107 Å². The minimum Gasteiger partial charge on any atom is -0.508 e. The van der Waals surface area contributed by atoms with Gasteiger partial charge in [0.05, 0.1) is 6.42 Å². The van der Waals surface area contributed by atoms with Crippen molar-refractivity contribution < 1.29 is 24.9 Å². The van der Waals surface area contributed by atoms with E-state index in [1.807, 2.05) is 0 Å². The number of carboxylic acid groups (broad SMARTS) is 1. The zero-order valence-electron chi connectivity index (χ0n) is 9.72. The molecule has 0 bridgehead atoms. The third-order valence-corrected chi connectivity index (χ3v) is 2.35. The Morgan fingerprint density at radius 2 is 1.89 bits per heavy atom. The molecule has 0 fully saturated rings. The van der Waals surface area contributed by atoms with Crippen LogP contribution in [-0.4, -0.2) is 33.7 Å². The molecule has 0 aromatic heterocycles. The highest BCUT2D eigenvalue weighted by Gasteiger charge is 2.06. The summed E-state index contributed by atoms with van der Waals surface area (Å²) in [5.41, 5.74) is 0.603. The molecule has 0 aliphatic heterocycles. The van der Waals surface area contributed by atoms with Crippen LogP contribution < -0.4 is 5.32 Å². The molecule has 1 aromatic rings. The van der Waals surface area contributed by atoms with Crippen LogP contribution in [0.25, 0.3) is 0 Å². The second-order valence-corrected chi connectivity index (χ2v) is 3.81. The zero-order valence-corrected chi connectivity index (χ0v) is 9.72. The fourth-order valence-corrected chi connectivity index (χ4v) is 1.41. The van der Waals surface area contributed by atoms with E-state index in [1.54, 1.807) is 6.07 Å². The van der Waals surface area contributed by atoms with Gasteiger partial charge in [0.25, 0.3) is 0 Å². The molecule has 0 atom stereocenters. The quantitative estimate of drug-likeness (QED) is 0.594. The number of nitrogens with one attached hydrogen (secondary N) is 1. The van der Waals surface area contributed by atoms with Crippen molar-refractivity contribution in [3.05, 3.63) is 23.8 Å². The molecule has 0 aliphatic rings. The normalized spacial score (nSPS) is 10.0. The van der Waals surface area contributed by atoms with E-state index in [0.717, 1.165) is 0 Å². The fraction of sp³-hybridized carbons (Fsp3) is 0.333. The molecule has 98 valence electrons. The van der Waals surface area contributed by atoms with E-state index in [0.29, 0.717) is 18.5 Å². The van der Waals surface area contributed by atoms with Crippen molar-refractivity contribution in [2.24, 2.45) is 0 Å². The molecule has 1 amide bonds. The van der Waals surface area contributed by atoms with Gasteiger partial charge < -0.3 is 20.6 Å². The number of phenolic OH excluding ortho intramolecular Hbond substituents is 2. The number of aromatic hydroxyl groups is 2. The highest BCUT2D eigenvalue weighted by atomic mass is 16.4. The van der Waals surface area contributed by atoms with Gasteiger partial charge in [0.1, 0.15) is 11.5 Å². The number of aliphatic carboxylic acids is 1. The van der Waals surface area contributed by atoms with E-state index in [9.17, 15) is 14.7 Å². The van der Waals surface area contributed by atoms with Gasteiger partial charge in [-0.2, -0.15) is 0 Å². The zero-order chi connectivity index (χ0) is 13.5. The summed E-state index contributed by atoms with van der Waals surface area (Å²) < 4.78 is 0. The van der Waals surface area contributed by atoms with Crippen LogP contribution in [0.5, 0.6) is 11.5 Å². The molecular formula is C12H15NO5. The molecule has 0 unspecified atom stereocenters. The molecule has 1 aromatic carbocycles. The van der Waals surface area contributed by atoms with Crippen molar-refractivity contribution in [2.75, 3.05) is 6.54 Å². The largest absolute Gasteiger partial charge is 0.508 e. The van der Waals surface area contributed by atoms with Gasteiger partial charge in [-0.1, -0.05) is 6.07 Å². The van der Waals surface area contributed by atoms with Gasteiger partial charge in [-0.05, 0) is 18.1 Å². The van der Waals surface area contributed by atoms with Crippen LogP contribution in [0, 0.1) is 0 Å². The second kappa shape index (κ2) is 6.48. The summed E-state index contributed by atoms with van der Waals surface area (Å²) in [6.07, 6.45) is 0.151. The Morgan fingerprint density at radius 3 is 2.50 bits per heavy atom. The van der Waals surface area contributed by atoms with E-state index < -0.39 is 5.97 Å². The maximum absolute atomic E-state index is 11.2. The maximum Gasteiger partial charge on any atom is 0.303 e. The molecule has 1 rings (SSSR count). The monoisotopic (exact) mass is 253 g/mol. The first kappa shape index (κ1) is 13.8. The van der Waals surface area contributed by atoms with E-state index in [4.69, 9.17) is 10.2 Å². The predicted molar refractivity (Wildman–Crippen MR) is 63.4 cm³/mol. The van der Waals surface area contributed by atoms with Crippen LogP contribution in [0.15, 0.2) is 18.2 Å². The lowest BCUT2D eigenvalue weighted by Crippen LogP contribution is -2.26. The van der Waals surface area contributed by atoms with Crippen molar-refractivity contribution in [2.45, 2.75) is 19.3 Å². The van der Waals surface area contributed by atoms with Crippen LogP contribution in [0.4, 0.5) is 0 Å². The first-order valence-electron chi connectivity index (χ1n) is 5.48. The Balaban J connectivity index is 2.33. The SMILES string of the molecule is O=C(O)CCC(=O)NCCc1ccc(O)cc1O. The summed E-state index contributed by atoms with van der Waals surface area (Å²) in [7, 11) is 0. The minimum atomic E-state index is -1.01.